The standard InChI is InChI=1S/C23H23FN4O/c1-14-10-19(18-5-4-17(24)11-20(18)26-14)22(29)28-9-3-7-23(13-28)8-6-16-12-25-15(2)27-21(16)23/h4-5,10-12H,3,6-9,13H2,1-2H3. The van der Waals surface area contributed by atoms with Gasteiger partial charge in [0.05, 0.1) is 16.8 Å². The first kappa shape index (κ1) is 18.2. The zero-order valence-electron chi connectivity index (χ0n) is 16.7. The summed E-state index contributed by atoms with van der Waals surface area (Å²) in [5, 5.41) is 0.701. The van der Waals surface area contributed by atoms with E-state index in [-0.39, 0.29) is 17.1 Å². The molecule has 1 aromatic carbocycles. The Bertz CT molecular complexity index is 1140. The molecule has 0 bridgehead atoms. The van der Waals surface area contributed by atoms with Gasteiger partial charge >= 0.3 is 0 Å². The van der Waals surface area contributed by atoms with E-state index < -0.39 is 0 Å². The number of aryl methyl sites for hydroxylation is 3. The van der Waals surface area contributed by atoms with E-state index in [9.17, 15) is 9.18 Å². The van der Waals surface area contributed by atoms with Crippen molar-refractivity contribution in [3.63, 3.8) is 0 Å². The third-order valence-corrected chi connectivity index (χ3v) is 6.35. The maximum Gasteiger partial charge on any atom is 0.254 e. The van der Waals surface area contributed by atoms with E-state index in [2.05, 4.69) is 9.97 Å². The molecule has 6 heteroatoms. The number of hydrogen-bond donors (Lipinski definition) is 0. The second kappa shape index (κ2) is 6.58. The van der Waals surface area contributed by atoms with Gasteiger partial charge in [0.1, 0.15) is 11.6 Å². The molecule has 3 aromatic rings. The van der Waals surface area contributed by atoms with Crippen molar-refractivity contribution in [3.8, 4) is 0 Å². The van der Waals surface area contributed by atoms with E-state index in [0.29, 0.717) is 28.7 Å². The predicted octanol–water partition coefficient (Wildman–Crippen LogP) is 3.90. The van der Waals surface area contributed by atoms with Crippen molar-refractivity contribution < 1.29 is 9.18 Å². The minimum atomic E-state index is -0.344. The number of amides is 1. The normalized spacial score (nSPS) is 21.0. The molecule has 1 atom stereocenters. The fraction of sp³-hybridized carbons (Fsp3) is 0.391. The van der Waals surface area contributed by atoms with Crippen LogP contribution in [-0.4, -0.2) is 38.8 Å². The van der Waals surface area contributed by atoms with Crippen molar-refractivity contribution in [1.82, 2.24) is 19.9 Å². The van der Waals surface area contributed by atoms with Gasteiger partial charge in [-0.3, -0.25) is 9.78 Å². The summed E-state index contributed by atoms with van der Waals surface area (Å²) < 4.78 is 13.7. The average Bonchev–Trinajstić information content (AvgIpc) is 3.03. The van der Waals surface area contributed by atoms with Crippen molar-refractivity contribution >= 4 is 16.8 Å². The van der Waals surface area contributed by atoms with Gasteiger partial charge in [-0.25, -0.2) is 14.4 Å². The van der Waals surface area contributed by atoms with Crippen LogP contribution in [-0.2, 0) is 11.8 Å². The highest BCUT2D eigenvalue weighted by molar-refractivity contribution is 6.06. The van der Waals surface area contributed by atoms with Crippen LogP contribution < -0.4 is 0 Å². The zero-order chi connectivity index (χ0) is 20.2. The fourth-order valence-electron chi connectivity index (χ4n) is 5.01. The molecular formula is C23H23FN4O. The molecule has 1 aliphatic heterocycles. The second-order valence-corrected chi connectivity index (χ2v) is 8.37. The zero-order valence-corrected chi connectivity index (χ0v) is 16.7. The number of hydrogen-bond acceptors (Lipinski definition) is 4. The van der Waals surface area contributed by atoms with Crippen molar-refractivity contribution in [3.05, 3.63) is 64.6 Å². The summed E-state index contributed by atoms with van der Waals surface area (Å²) in [6.07, 6.45) is 5.91. The summed E-state index contributed by atoms with van der Waals surface area (Å²) in [5.41, 5.74) is 4.09. The largest absolute Gasteiger partial charge is 0.338 e. The van der Waals surface area contributed by atoms with Crippen LogP contribution in [0.15, 0.2) is 30.5 Å². The molecule has 1 spiro atoms. The lowest BCUT2D eigenvalue weighted by atomic mass is 9.77. The Labute approximate surface area is 169 Å². The Hall–Kier alpha value is -2.89. The van der Waals surface area contributed by atoms with Crippen LogP contribution >= 0.6 is 0 Å². The average molecular weight is 390 g/mol. The van der Waals surface area contributed by atoms with E-state index in [4.69, 9.17) is 4.98 Å². The number of carbonyl (C=O) groups excluding carboxylic acids is 1. The highest BCUT2D eigenvalue weighted by Gasteiger charge is 2.44. The van der Waals surface area contributed by atoms with Crippen LogP contribution in [0.2, 0.25) is 0 Å². The molecule has 0 radical (unpaired) electrons. The lowest BCUT2D eigenvalue weighted by Crippen LogP contribution is -2.48. The van der Waals surface area contributed by atoms with Gasteiger partial charge in [0.25, 0.3) is 5.91 Å². The summed E-state index contributed by atoms with van der Waals surface area (Å²) in [5.74, 6) is 0.431. The highest BCUT2D eigenvalue weighted by Crippen LogP contribution is 2.44. The van der Waals surface area contributed by atoms with Crippen molar-refractivity contribution in [2.24, 2.45) is 0 Å². The smallest absolute Gasteiger partial charge is 0.254 e. The molecule has 148 valence electrons. The molecule has 3 heterocycles. The number of pyridine rings is 1. The van der Waals surface area contributed by atoms with Gasteiger partial charge in [-0.05, 0) is 63.3 Å². The second-order valence-electron chi connectivity index (χ2n) is 8.37. The third-order valence-electron chi connectivity index (χ3n) is 6.35. The van der Waals surface area contributed by atoms with Crippen LogP contribution in [0.25, 0.3) is 10.9 Å². The van der Waals surface area contributed by atoms with E-state index in [0.717, 1.165) is 43.7 Å². The van der Waals surface area contributed by atoms with Gasteiger partial charge in [0.2, 0.25) is 0 Å². The van der Waals surface area contributed by atoms with Gasteiger partial charge in [0.15, 0.2) is 0 Å². The molecule has 29 heavy (non-hydrogen) atoms. The van der Waals surface area contributed by atoms with Crippen LogP contribution in [0.5, 0.6) is 0 Å². The molecule has 1 saturated heterocycles. The Morgan fingerprint density at radius 3 is 2.90 bits per heavy atom. The highest BCUT2D eigenvalue weighted by atomic mass is 19.1. The van der Waals surface area contributed by atoms with Gasteiger partial charge in [-0.15, -0.1) is 0 Å². The maximum atomic E-state index is 13.7. The monoisotopic (exact) mass is 390 g/mol. The molecule has 5 rings (SSSR count). The molecule has 1 unspecified atom stereocenters. The first-order valence-electron chi connectivity index (χ1n) is 10.1. The van der Waals surface area contributed by atoms with Crippen molar-refractivity contribution in [2.75, 3.05) is 13.1 Å². The first-order chi connectivity index (χ1) is 13.9. The SMILES string of the molecule is Cc1cc(C(=O)N2CCCC3(CCc4cnc(C)nc43)C2)c2ccc(F)cc2n1. The van der Waals surface area contributed by atoms with E-state index in [1.165, 1.54) is 17.7 Å². The number of aromatic nitrogens is 3. The number of fused-ring (bicyclic) bond motifs is 3. The Balaban J connectivity index is 1.52. The van der Waals surface area contributed by atoms with Gasteiger partial charge in [-0.1, -0.05) is 0 Å². The number of benzene rings is 1. The molecule has 2 aliphatic rings. The lowest BCUT2D eigenvalue weighted by molar-refractivity contribution is 0.0635. The maximum absolute atomic E-state index is 13.7. The minimum absolute atomic E-state index is 0.00888. The first-order valence-corrected chi connectivity index (χ1v) is 10.1. The van der Waals surface area contributed by atoms with Crippen LogP contribution in [0, 0.1) is 19.7 Å². The minimum Gasteiger partial charge on any atom is -0.338 e. The molecule has 1 amide bonds. The van der Waals surface area contributed by atoms with E-state index in [1.807, 2.05) is 31.0 Å². The van der Waals surface area contributed by atoms with Crippen molar-refractivity contribution in [2.45, 2.75) is 44.9 Å². The van der Waals surface area contributed by atoms with E-state index >= 15 is 0 Å². The number of carbonyl (C=O) groups is 1. The molecule has 2 aromatic heterocycles. The number of likely N-dealkylation sites (tertiary alicyclic amines) is 1. The lowest BCUT2D eigenvalue weighted by Gasteiger charge is -2.40. The quantitative estimate of drug-likeness (QED) is 0.632. The van der Waals surface area contributed by atoms with Crippen molar-refractivity contribution in [1.29, 1.82) is 0 Å². The summed E-state index contributed by atoms with van der Waals surface area (Å²) in [6, 6.07) is 6.26. The number of rotatable bonds is 1. The molecule has 0 saturated carbocycles. The van der Waals surface area contributed by atoms with Crippen LogP contribution in [0.3, 0.4) is 0 Å². The molecular weight excluding hydrogens is 367 g/mol. The van der Waals surface area contributed by atoms with Gasteiger partial charge in [-0.2, -0.15) is 0 Å². The number of piperidine rings is 1. The Morgan fingerprint density at radius 2 is 2.03 bits per heavy atom. The number of nitrogens with zero attached hydrogens (tertiary/aromatic N) is 4. The predicted molar refractivity (Wildman–Crippen MR) is 108 cm³/mol. The van der Waals surface area contributed by atoms with E-state index in [1.54, 1.807) is 6.07 Å². The molecule has 1 aliphatic carbocycles. The summed E-state index contributed by atoms with van der Waals surface area (Å²) in [7, 11) is 0. The summed E-state index contributed by atoms with van der Waals surface area (Å²) in [6.45, 7) is 5.15. The van der Waals surface area contributed by atoms with Gasteiger partial charge < -0.3 is 4.90 Å². The van der Waals surface area contributed by atoms with Crippen LogP contribution in [0.1, 0.15) is 52.4 Å². The topological polar surface area (TPSA) is 59.0 Å². The Kier molecular flexibility index (Phi) is 4.12. The molecule has 5 nitrogen and oxygen atoms in total. The summed E-state index contributed by atoms with van der Waals surface area (Å²) in [4.78, 5) is 29.0. The Morgan fingerprint density at radius 1 is 1.17 bits per heavy atom. The van der Waals surface area contributed by atoms with Gasteiger partial charge in [0, 0.05) is 41.8 Å². The summed E-state index contributed by atoms with van der Waals surface area (Å²) >= 11 is 0. The molecule has 1 fully saturated rings. The molecule has 0 N–H and O–H groups in total. The third kappa shape index (κ3) is 2.98. The number of halogens is 1. The van der Waals surface area contributed by atoms with Crippen LogP contribution in [0.4, 0.5) is 4.39 Å². The fourth-order valence-corrected chi connectivity index (χ4v) is 5.01.